The van der Waals surface area contributed by atoms with E-state index in [-0.39, 0.29) is 10.2 Å². The van der Waals surface area contributed by atoms with Gasteiger partial charge in [0.2, 0.25) is 0 Å². The molecule has 0 unspecified atom stereocenters. The molecule has 0 radical (unpaired) electrons. The van der Waals surface area contributed by atoms with Crippen LogP contribution in [0.15, 0.2) is 33.9 Å². The molecule has 1 aromatic heterocycles. The number of aromatic nitrogens is 2. The summed E-state index contributed by atoms with van der Waals surface area (Å²) >= 11 is 11.0. The van der Waals surface area contributed by atoms with Crippen LogP contribution in [-0.4, -0.2) is 9.55 Å². The molecule has 0 aliphatic carbocycles. The van der Waals surface area contributed by atoms with Gasteiger partial charge in [-0.2, -0.15) is 13.2 Å². The zero-order valence-corrected chi connectivity index (χ0v) is 11.0. The molecule has 1 N–H and O–H groups in total. The van der Waals surface area contributed by atoms with Crippen LogP contribution in [0.5, 0.6) is 0 Å². The van der Waals surface area contributed by atoms with Crippen LogP contribution in [0, 0.1) is 0 Å². The number of hydrogen-bond acceptors (Lipinski definition) is 2. The molecule has 20 heavy (non-hydrogen) atoms. The van der Waals surface area contributed by atoms with Gasteiger partial charge in [-0.3, -0.25) is 9.78 Å². The Kier molecular flexibility index (Phi) is 3.66. The number of H-pyrrole nitrogens is 1. The normalized spacial score (nSPS) is 11.7. The van der Waals surface area contributed by atoms with E-state index in [1.54, 1.807) is 0 Å². The Morgan fingerprint density at radius 1 is 1.10 bits per heavy atom. The molecule has 0 aliphatic rings. The summed E-state index contributed by atoms with van der Waals surface area (Å²) in [6, 6.07) is 3.53. The van der Waals surface area contributed by atoms with Crippen molar-refractivity contribution in [2.45, 2.75) is 6.18 Å². The molecule has 0 amide bonds. The summed E-state index contributed by atoms with van der Waals surface area (Å²) in [7, 11) is 0. The number of nitrogens with one attached hydrogen (secondary N) is 1. The summed E-state index contributed by atoms with van der Waals surface area (Å²) in [5.74, 6) is 0. The van der Waals surface area contributed by atoms with Crippen LogP contribution < -0.4 is 11.2 Å². The van der Waals surface area contributed by atoms with Crippen LogP contribution in [-0.2, 0) is 6.18 Å². The fraction of sp³-hybridized carbons (Fsp3) is 0.0909. The molecule has 1 aromatic carbocycles. The lowest BCUT2D eigenvalue weighted by molar-refractivity contribution is -0.137. The number of aromatic amines is 1. The molecule has 2 aromatic rings. The van der Waals surface area contributed by atoms with Crippen molar-refractivity contribution in [2.24, 2.45) is 0 Å². The molecule has 0 saturated heterocycles. The summed E-state index contributed by atoms with van der Waals surface area (Å²) in [5.41, 5.74) is -3.87. The Labute approximate surface area is 119 Å². The summed E-state index contributed by atoms with van der Waals surface area (Å²) < 4.78 is 39.2. The van der Waals surface area contributed by atoms with E-state index in [4.69, 9.17) is 23.2 Å². The number of benzene rings is 1. The van der Waals surface area contributed by atoms with Gasteiger partial charge < -0.3 is 0 Å². The summed E-state index contributed by atoms with van der Waals surface area (Å²) in [6.07, 6.45) is -4.77. The van der Waals surface area contributed by atoms with Gasteiger partial charge in [0.25, 0.3) is 5.56 Å². The second-order valence-corrected chi connectivity index (χ2v) is 4.60. The van der Waals surface area contributed by atoms with Gasteiger partial charge in [-0.25, -0.2) is 9.36 Å². The van der Waals surface area contributed by atoms with Gasteiger partial charge in [0.1, 0.15) is 5.15 Å². The lowest BCUT2D eigenvalue weighted by Gasteiger charge is -2.14. The first kappa shape index (κ1) is 14.7. The average molecular weight is 325 g/mol. The maximum absolute atomic E-state index is 12.9. The first-order valence-corrected chi connectivity index (χ1v) is 5.85. The van der Waals surface area contributed by atoms with Gasteiger partial charge in [0.05, 0.1) is 11.3 Å². The summed E-state index contributed by atoms with van der Waals surface area (Å²) in [6.45, 7) is 0. The van der Waals surface area contributed by atoms with Gasteiger partial charge >= 0.3 is 11.9 Å². The molecular weight excluding hydrogens is 320 g/mol. The van der Waals surface area contributed by atoms with Crippen LogP contribution in [0.25, 0.3) is 5.69 Å². The second kappa shape index (κ2) is 4.99. The first-order valence-electron chi connectivity index (χ1n) is 5.09. The molecule has 0 bridgehead atoms. The minimum absolute atomic E-state index is 0.167. The fourth-order valence-corrected chi connectivity index (χ4v) is 1.97. The van der Waals surface area contributed by atoms with Crippen molar-refractivity contribution < 1.29 is 13.2 Å². The lowest BCUT2D eigenvalue weighted by atomic mass is 10.1. The van der Waals surface area contributed by atoms with Crippen LogP contribution in [0.4, 0.5) is 13.2 Å². The van der Waals surface area contributed by atoms with E-state index in [2.05, 4.69) is 0 Å². The predicted molar refractivity (Wildman–Crippen MR) is 67.7 cm³/mol. The van der Waals surface area contributed by atoms with Crippen LogP contribution in [0.3, 0.4) is 0 Å². The Bertz CT molecular complexity index is 749. The van der Waals surface area contributed by atoms with E-state index in [9.17, 15) is 22.8 Å². The summed E-state index contributed by atoms with van der Waals surface area (Å²) in [4.78, 5) is 25.4. The second-order valence-electron chi connectivity index (χ2n) is 3.76. The van der Waals surface area contributed by atoms with E-state index in [0.29, 0.717) is 10.6 Å². The minimum atomic E-state index is -4.77. The molecule has 0 saturated carbocycles. The Hall–Kier alpha value is -1.73. The molecule has 1 heterocycles. The highest BCUT2D eigenvalue weighted by Crippen LogP contribution is 2.34. The highest BCUT2D eigenvalue weighted by Gasteiger charge is 2.35. The van der Waals surface area contributed by atoms with Gasteiger partial charge in [-0.05, 0) is 18.2 Å². The van der Waals surface area contributed by atoms with Crippen molar-refractivity contribution in [2.75, 3.05) is 0 Å². The zero-order chi connectivity index (χ0) is 15.1. The van der Waals surface area contributed by atoms with Crippen molar-refractivity contribution in [1.82, 2.24) is 9.55 Å². The van der Waals surface area contributed by atoms with E-state index in [1.165, 1.54) is 0 Å². The van der Waals surface area contributed by atoms with Gasteiger partial charge in [0, 0.05) is 11.1 Å². The van der Waals surface area contributed by atoms with Crippen LogP contribution in [0.2, 0.25) is 10.2 Å². The van der Waals surface area contributed by atoms with Crippen molar-refractivity contribution in [3.8, 4) is 5.69 Å². The SMILES string of the molecule is O=c1cc(Cl)[nH]c(=O)n1-c1ccc(Cl)cc1C(F)(F)F. The molecule has 4 nitrogen and oxygen atoms in total. The monoisotopic (exact) mass is 324 g/mol. The van der Waals surface area contributed by atoms with Gasteiger partial charge in [-0.15, -0.1) is 0 Å². The van der Waals surface area contributed by atoms with Gasteiger partial charge in [0.15, 0.2) is 0 Å². The van der Waals surface area contributed by atoms with E-state index in [0.717, 1.165) is 18.2 Å². The third kappa shape index (κ3) is 2.73. The van der Waals surface area contributed by atoms with E-state index < -0.39 is 28.7 Å². The standard InChI is InChI=1S/C11H5Cl2F3N2O2/c12-5-1-2-7(6(3-5)11(14,15)16)18-9(19)4-8(13)17-10(18)20/h1-4H,(H,17,20). The molecule has 106 valence electrons. The number of nitrogens with zero attached hydrogens (tertiary/aromatic N) is 1. The number of alkyl halides is 3. The molecule has 0 aliphatic heterocycles. The Morgan fingerprint density at radius 2 is 1.75 bits per heavy atom. The predicted octanol–water partition coefficient (Wildman–Crippen LogP) is 2.85. The van der Waals surface area contributed by atoms with Crippen LogP contribution >= 0.6 is 23.2 Å². The molecular formula is C11H5Cl2F3N2O2. The van der Waals surface area contributed by atoms with Crippen molar-refractivity contribution in [1.29, 1.82) is 0 Å². The number of rotatable bonds is 1. The topological polar surface area (TPSA) is 54.9 Å². The third-order valence-electron chi connectivity index (χ3n) is 2.40. The highest BCUT2D eigenvalue weighted by atomic mass is 35.5. The molecule has 9 heteroatoms. The summed E-state index contributed by atoms with van der Waals surface area (Å²) in [5, 5.41) is -0.432. The minimum Gasteiger partial charge on any atom is -0.297 e. The third-order valence-corrected chi connectivity index (χ3v) is 2.84. The quantitative estimate of drug-likeness (QED) is 0.820. The van der Waals surface area contributed by atoms with Crippen molar-refractivity contribution in [3.63, 3.8) is 0 Å². The number of halogens is 5. The molecule has 2 rings (SSSR count). The van der Waals surface area contributed by atoms with Crippen LogP contribution in [0.1, 0.15) is 5.56 Å². The van der Waals surface area contributed by atoms with E-state index >= 15 is 0 Å². The zero-order valence-electron chi connectivity index (χ0n) is 9.46. The largest absolute Gasteiger partial charge is 0.418 e. The Morgan fingerprint density at radius 3 is 2.30 bits per heavy atom. The average Bonchev–Trinajstić information content (AvgIpc) is 2.28. The van der Waals surface area contributed by atoms with Gasteiger partial charge in [-0.1, -0.05) is 23.2 Å². The lowest BCUT2D eigenvalue weighted by Crippen LogP contribution is -2.34. The van der Waals surface area contributed by atoms with Crippen molar-refractivity contribution in [3.05, 3.63) is 60.8 Å². The van der Waals surface area contributed by atoms with Crippen molar-refractivity contribution >= 4 is 23.2 Å². The molecule has 0 atom stereocenters. The Balaban J connectivity index is 2.85. The highest BCUT2D eigenvalue weighted by molar-refractivity contribution is 6.30. The van der Waals surface area contributed by atoms with E-state index in [1.807, 2.05) is 4.98 Å². The maximum Gasteiger partial charge on any atom is 0.418 e. The molecule has 0 spiro atoms. The molecule has 0 fully saturated rings. The first-order chi connectivity index (χ1) is 9.20. The number of hydrogen-bond donors (Lipinski definition) is 1. The smallest absolute Gasteiger partial charge is 0.297 e. The maximum atomic E-state index is 12.9. The fourth-order valence-electron chi connectivity index (χ4n) is 1.63.